The molecule has 0 heterocycles. The summed E-state index contributed by atoms with van der Waals surface area (Å²) in [5.41, 5.74) is -2.76. The number of rotatable bonds is 6. The van der Waals surface area contributed by atoms with Crippen molar-refractivity contribution in [3.63, 3.8) is 0 Å². The molecule has 160 valence electrons. The van der Waals surface area contributed by atoms with Crippen molar-refractivity contribution in [2.75, 3.05) is 7.11 Å². The smallest absolute Gasteiger partial charge is 0.417 e. The molecule has 0 radical (unpaired) electrons. The van der Waals surface area contributed by atoms with Crippen molar-refractivity contribution >= 4 is 15.9 Å². The topological polar surface area (TPSA) is 105 Å². The van der Waals surface area contributed by atoms with Gasteiger partial charge < -0.3 is 9.47 Å². The average Bonchev–Trinajstić information content (AvgIpc) is 2.65. The number of ether oxygens (including phenoxy) is 2. The summed E-state index contributed by atoms with van der Waals surface area (Å²) in [5.74, 6) is -2.05. The van der Waals surface area contributed by atoms with Gasteiger partial charge in [-0.1, -0.05) is 0 Å². The zero-order valence-corrected chi connectivity index (χ0v) is 15.6. The van der Waals surface area contributed by atoms with Crippen molar-refractivity contribution in [1.29, 1.82) is 5.26 Å². The summed E-state index contributed by atoms with van der Waals surface area (Å²) in [7, 11) is -3.66. The van der Waals surface area contributed by atoms with Crippen LogP contribution in [0.3, 0.4) is 0 Å². The first-order valence-corrected chi connectivity index (χ1v) is 9.18. The summed E-state index contributed by atoms with van der Waals surface area (Å²) >= 11 is 0. The fourth-order valence-electron chi connectivity index (χ4n) is 2.27. The molecule has 0 fully saturated rings. The maximum absolute atomic E-state index is 13.0. The molecule has 0 aliphatic carbocycles. The maximum atomic E-state index is 13.0. The molecular formula is C17H11F5N2O5S. The van der Waals surface area contributed by atoms with E-state index >= 15 is 0 Å². The number of carbonyl (C=O) groups excluding carboxylic acids is 1. The Bertz CT molecular complexity index is 1110. The highest BCUT2D eigenvalue weighted by Gasteiger charge is 2.35. The Balaban J connectivity index is 2.38. The fraction of sp³-hybridized carbons (Fsp3) is 0.176. The summed E-state index contributed by atoms with van der Waals surface area (Å²) in [6, 6.07) is 5.71. The SMILES string of the molecule is COc1ccc(C(=O)NS(=O)(=O)c2ccc(C#N)c(C(F)(F)F)c2)cc1OC(F)F. The molecule has 0 saturated carbocycles. The largest absolute Gasteiger partial charge is 0.493 e. The van der Waals surface area contributed by atoms with Crippen molar-refractivity contribution in [3.05, 3.63) is 53.1 Å². The highest BCUT2D eigenvalue weighted by Crippen LogP contribution is 2.33. The number of nitrogens with one attached hydrogen (secondary N) is 1. The van der Waals surface area contributed by atoms with Gasteiger partial charge in [-0.05, 0) is 36.4 Å². The second-order valence-corrected chi connectivity index (χ2v) is 7.18. The standard InChI is InChI=1S/C17H11F5N2O5S/c1-28-13-5-3-9(6-14(13)29-16(18)19)15(25)24-30(26,27)11-4-2-10(8-23)12(7-11)17(20,21)22/h2-7,16H,1H3,(H,24,25). The quantitative estimate of drug-likeness (QED) is 0.677. The van der Waals surface area contributed by atoms with E-state index in [1.807, 2.05) is 0 Å². The van der Waals surface area contributed by atoms with Gasteiger partial charge in [0, 0.05) is 5.56 Å². The highest BCUT2D eigenvalue weighted by atomic mass is 32.2. The lowest BCUT2D eigenvalue weighted by Gasteiger charge is -2.13. The highest BCUT2D eigenvalue weighted by molar-refractivity contribution is 7.90. The van der Waals surface area contributed by atoms with Crippen LogP contribution in [-0.4, -0.2) is 28.0 Å². The molecule has 30 heavy (non-hydrogen) atoms. The molecule has 0 unspecified atom stereocenters. The summed E-state index contributed by atoms with van der Waals surface area (Å²) in [6.45, 7) is -3.26. The van der Waals surface area contributed by atoms with Crippen molar-refractivity contribution in [1.82, 2.24) is 4.72 Å². The number of alkyl halides is 5. The number of hydrogen-bond acceptors (Lipinski definition) is 6. The molecule has 2 aromatic rings. The van der Waals surface area contributed by atoms with Crippen LogP contribution in [0.4, 0.5) is 22.0 Å². The van der Waals surface area contributed by atoms with Gasteiger partial charge in [0.05, 0.1) is 29.2 Å². The van der Waals surface area contributed by atoms with Gasteiger partial charge in [0.2, 0.25) is 0 Å². The van der Waals surface area contributed by atoms with Crippen LogP contribution in [0.2, 0.25) is 0 Å². The Hall–Kier alpha value is -3.40. The van der Waals surface area contributed by atoms with Crippen LogP contribution < -0.4 is 14.2 Å². The van der Waals surface area contributed by atoms with E-state index in [0.717, 1.165) is 25.3 Å². The Kier molecular flexibility index (Phi) is 6.51. The van der Waals surface area contributed by atoms with E-state index in [2.05, 4.69) is 4.74 Å². The second kappa shape index (κ2) is 8.54. The summed E-state index contributed by atoms with van der Waals surface area (Å²) in [4.78, 5) is 11.3. The van der Waals surface area contributed by atoms with Crippen LogP contribution in [0.5, 0.6) is 11.5 Å². The number of nitrogens with zero attached hydrogens (tertiary/aromatic N) is 1. The number of amides is 1. The predicted molar refractivity (Wildman–Crippen MR) is 90.4 cm³/mol. The normalized spacial score (nSPS) is 11.7. The monoisotopic (exact) mass is 450 g/mol. The number of hydrogen-bond donors (Lipinski definition) is 1. The minimum absolute atomic E-state index is 0.170. The first kappa shape index (κ1) is 22.9. The van der Waals surface area contributed by atoms with Gasteiger partial charge >= 0.3 is 12.8 Å². The van der Waals surface area contributed by atoms with Crippen LogP contribution in [-0.2, 0) is 16.2 Å². The minimum atomic E-state index is -5.02. The molecule has 0 bridgehead atoms. The van der Waals surface area contributed by atoms with Gasteiger partial charge in [-0.25, -0.2) is 13.1 Å². The van der Waals surface area contributed by atoms with Gasteiger partial charge in [-0.15, -0.1) is 0 Å². The Labute approximate surface area is 166 Å². The van der Waals surface area contributed by atoms with Gasteiger partial charge in [0.25, 0.3) is 15.9 Å². The zero-order valence-electron chi connectivity index (χ0n) is 14.8. The van der Waals surface area contributed by atoms with Gasteiger partial charge in [-0.2, -0.15) is 27.2 Å². The number of methoxy groups -OCH3 is 1. The van der Waals surface area contributed by atoms with Crippen molar-refractivity contribution in [2.24, 2.45) is 0 Å². The minimum Gasteiger partial charge on any atom is -0.493 e. The van der Waals surface area contributed by atoms with E-state index in [1.54, 1.807) is 0 Å². The molecule has 0 saturated heterocycles. The summed E-state index contributed by atoms with van der Waals surface area (Å²) in [5, 5.41) is 8.76. The van der Waals surface area contributed by atoms with Crippen LogP contribution in [0.1, 0.15) is 21.5 Å². The molecule has 0 spiro atoms. The third-order valence-corrected chi connectivity index (χ3v) is 4.92. The third-order valence-electron chi connectivity index (χ3n) is 3.60. The van der Waals surface area contributed by atoms with E-state index in [1.165, 1.54) is 10.8 Å². The van der Waals surface area contributed by atoms with Gasteiger partial charge in [0.15, 0.2) is 11.5 Å². The Morgan fingerprint density at radius 2 is 1.80 bits per heavy atom. The van der Waals surface area contributed by atoms with E-state index < -0.39 is 56.1 Å². The van der Waals surface area contributed by atoms with Gasteiger partial charge in [-0.3, -0.25) is 4.79 Å². The van der Waals surface area contributed by atoms with E-state index in [0.29, 0.717) is 12.1 Å². The number of benzene rings is 2. The number of carbonyl (C=O) groups is 1. The molecule has 0 aromatic heterocycles. The molecule has 0 aliphatic rings. The molecule has 7 nitrogen and oxygen atoms in total. The van der Waals surface area contributed by atoms with Crippen molar-refractivity contribution in [3.8, 4) is 17.6 Å². The lowest BCUT2D eigenvalue weighted by Crippen LogP contribution is -2.31. The first-order valence-electron chi connectivity index (χ1n) is 7.70. The predicted octanol–water partition coefficient (Wildman–Crippen LogP) is 3.31. The summed E-state index contributed by atoms with van der Waals surface area (Å²) in [6.07, 6.45) is -5.02. The maximum Gasteiger partial charge on any atom is 0.417 e. The lowest BCUT2D eigenvalue weighted by molar-refractivity contribution is -0.137. The summed E-state index contributed by atoms with van der Waals surface area (Å²) < 4.78 is 99.2. The second-order valence-electron chi connectivity index (χ2n) is 5.50. The van der Waals surface area contributed by atoms with Crippen LogP contribution in [0.25, 0.3) is 0 Å². The van der Waals surface area contributed by atoms with Crippen LogP contribution in [0, 0.1) is 11.3 Å². The van der Waals surface area contributed by atoms with Crippen LogP contribution in [0.15, 0.2) is 41.3 Å². The van der Waals surface area contributed by atoms with Crippen LogP contribution >= 0.6 is 0 Å². The molecule has 2 rings (SSSR count). The average molecular weight is 450 g/mol. The van der Waals surface area contributed by atoms with E-state index in [4.69, 9.17) is 10.00 Å². The zero-order chi connectivity index (χ0) is 22.7. The van der Waals surface area contributed by atoms with E-state index in [9.17, 15) is 35.2 Å². The molecule has 13 heteroatoms. The van der Waals surface area contributed by atoms with Crippen molar-refractivity contribution in [2.45, 2.75) is 17.7 Å². The number of halogens is 5. The lowest BCUT2D eigenvalue weighted by atomic mass is 10.1. The molecule has 2 aromatic carbocycles. The molecule has 1 N–H and O–H groups in total. The third kappa shape index (κ3) is 5.15. The molecule has 1 amide bonds. The molecule has 0 atom stereocenters. The Morgan fingerprint density at radius 1 is 1.13 bits per heavy atom. The number of sulfonamides is 1. The number of nitriles is 1. The first-order chi connectivity index (χ1) is 13.9. The molecule has 0 aliphatic heterocycles. The van der Waals surface area contributed by atoms with Crippen molar-refractivity contribution < 1.29 is 44.6 Å². The molecular weight excluding hydrogens is 439 g/mol. The van der Waals surface area contributed by atoms with Gasteiger partial charge in [0.1, 0.15) is 0 Å². The fourth-order valence-corrected chi connectivity index (χ4v) is 3.27. The van der Waals surface area contributed by atoms with E-state index in [-0.39, 0.29) is 11.8 Å². The Morgan fingerprint density at radius 3 is 2.33 bits per heavy atom.